The number of benzene rings is 2. The Morgan fingerprint density at radius 2 is 1.87 bits per heavy atom. The van der Waals surface area contributed by atoms with E-state index in [1.54, 1.807) is 4.90 Å². The summed E-state index contributed by atoms with van der Waals surface area (Å²) < 4.78 is 11.1. The Balaban J connectivity index is 1.54. The van der Waals surface area contributed by atoms with Gasteiger partial charge in [0.2, 0.25) is 0 Å². The van der Waals surface area contributed by atoms with Gasteiger partial charge in [-0.25, -0.2) is 4.79 Å². The maximum absolute atomic E-state index is 12.0. The van der Waals surface area contributed by atoms with Gasteiger partial charge in [0.15, 0.2) is 6.10 Å². The third kappa shape index (κ3) is 3.83. The molecule has 1 aliphatic rings. The molecule has 0 radical (unpaired) electrons. The Hall–Kier alpha value is -2.49. The summed E-state index contributed by atoms with van der Waals surface area (Å²) >= 11 is 0. The van der Waals surface area contributed by atoms with E-state index < -0.39 is 0 Å². The maximum atomic E-state index is 12.0. The average Bonchev–Trinajstić information content (AvgIpc) is 2.96. The number of aryl methyl sites for hydroxylation is 1. The molecule has 1 aliphatic heterocycles. The number of carbonyl (C=O) groups is 1. The molecule has 1 atom stereocenters. The van der Waals surface area contributed by atoms with Crippen LogP contribution in [0.4, 0.5) is 10.5 Å². The molecule has 2 aromatic rings. The van der Waals surface area contributed by atoms with Crippen molar-refractivity contribution in [3.63, 3.8) is 0 Å². The summed E-state index contributed by atoms with van der Waals surface area (Å²) in [5.74, 6) is 0.805. The lowest BCUT2D eigenvalue weighted by Gasteiger charge is -2.13. The molecule has 4 heteroatoms. The van der Waals surface area contributed by atoms with Gasteiger partial charge in [-0.05, 0) is 36.2 Å². The SMILES string of the molecule is CCCc1ccc(OCC2CN(c3ccccc3)C(=O)O2)cc1. The Morgan fingerprint density at radius 1 is 1.13 bits per heavy atom. The fourth-order valence-corrected chi connectivity index (χ4v) is 2.66. The summed E-state index contributed by atoms with van der Waals surface area (Å²) in [6.07, 6.45) is 1.64. The number of nitrogens with zero attached hydrogens (tertiary/aromatic N) is 1. The molecule has 1 saturated heterocycles. The highest BCUT2D eigenvalue weighted by Crippen LogP contribution is 2.22. The Bertz CT molecular complexity index is 639. The Kier molecular flexibility index (Phi) is 4.81. The zero-order valence-corrected chi connectivity index (χ0v) is 13.3. The minimum absolute atomic E-state index is 0.252. The van der Waals surface area contributed by atoms with Crippen molar-refractivity contribution in [3.8, 4) is 5.75 Å². The molecule has 23 heavy (non-hydrogen) atoms. The Labute approximate surface area is 136 Å². The molecular weight excluding hydrogens is 290 g/mol. The van der Waals surface area contributed by atoms with Crippen LogP contribution in [-0.2, 0) is 11.2 Å². The summed E-state index contributed by atoms with van der Waals surface area (Å²) in [6.45, 7) is 3.04. The predicted octanol–water partition coefficient (Wildman–Crippen LogP) is 4.04. The quantitative estimate of drug-likeness (QED) is 0.808. The lowest BCUT2D eigenvalue weighted by atomic mass is 10.1. The second-order valence-corrected chi connectivity index (χ2v) is 5.66. The zero-order valence-electron chi connectivity index (χ0n) is 13.3. The third-order valence-electron chi connectivity index (χ3n) is 3.84. The van der Waals surface area contributed by atoms with Gasteiger partial charge in [0.05, 0.1) is 6.54 Å². The normalized spacial score (nSPS) is 17.2. The molecule has 1 unspecified atom stereocenters. The molecule has 0 N–H and O–H groups in total. The predicted molar refractivity (Wildman–Crippen MR) is 90.0 cm³/mol. The van der Waals surface area contributed by atoms with Crippen molar-refractivity contribution in [3.05, 3.63) is 60.2 Å². The number of hydrogen-bond donors (Lipinski definition) is 0. The van der Waals surface area contributed by atoms with Gasteiger partial charge in [0.25, 0.3) is 0 Å². The molecule has 1 heterocycles. The number of ether oxygens (including phenoxy) is 2. The fraction of sp³-hybridized carbons (Fsp3) is 0.316. The van der Waals surface area contributed by atoms with Gasteiger partial charge >= 0.3 is 6.09 Å². The van der Waals surface area contributed by atoms with Crippen LogP contribution in [0, 0.1) is 0 Å². The van der Waals surface area contributed by atoms with Crippen LogP contribution in [0.3, 0.4) is 0 Å². The fourth-order valence-electron chi connectivity index (χ4n) is 2.66. The van der Waals surface area contributed by atoms with Crippen LogP contribution >= 0.6 is 0 Å². The lowest BCUT2D eigenvalue weighted by Crippen LogP contribution is -2.26. The van der Waals surface area contributed by atoms with Crippen LogP contribution in [0.1, 0.15) is 18.9 Å². The molecule has 0 saturated carbocycles. The molecule has 0 spiro atoms. The van der Waals surface area contributed by atoms with Gasteiger partial charge < -0.3 is 9.47 Å². The first-order chi connectivity index (χ1) is 11.3. The lowest BCUT2D eigenvalue weighted by molar-refractivity contribution is 0.105. The molecule has 3 rings (SSSR count). The highest BCUT2D eigenvalue weighted by Gasteiger charge is 2.32. The van der Waals surface area contributed by atoms with E-state index in [0.29, 0.717) is 13.2 Å². The number of cyclic esters (lactones) is 1. The van der Waals surface area contributed by atoms with Gasteiger partial charge in [-0.2, -0.15) is 0 Å². The van der Waals surface area contributed by atoms with Crippen LogP contribution in [0.5, 0.6) is 5.75 Å². The summed E-state index contributed by atoms with van der Waals surface area (Å²) in [6, 6.07) is 17.6. The highest BCUT2D eigenvalue weighted by molar-refractivity contribution is 5.89. The number of carbonyl (C=O) groups excluding carboxylic acids is 1. The number of para-hydroxylation sites is 1. The number of amides is 1. The van der Waals surface area contributed by atoms with Crippen LogP contribution in [0.15, 0.2) is 54.6 Å². The van der Waals surface area contributed by atoms with E-state index in [-0.39, 0.29) is 12.2 Å². The monoisotopic (exact) mass is 311 g/mol. The Morgan fingerprint density at radius 3 is 2.57 bits per heavy atom. The van der Waals surface area contributed by atoms with Crippen LogP contribution in [0.2, 0.25) is 0 Å². The topological polar surface area (TPSA) is 38.8 Å². The van der Waals surface area contributed by atoms with E-state index in [1.165, 1.54) is 5.56 Å². The van der Waals surface area contributed by atoms with Crippen LogP contribution < -0.4 is 9.64 Å². The summed E-state index contributed by atoms with van der Waals surface area (Å²) in [5.41, 5.74) is 2.16. The molecule has 0 bridgehead atoms. The smallest absolute Gasteiger partial charge is 0.414 e. The van der Waals surface area contributed by atoms with E-state index in [4.69, 9.17) is 9.47 Å². The van der Waals surface area contributed by atoms with E-state index in [2.05, 4.69) is 19.1 Å². The van der Waals surface area contributed by atoms with E-state index in [1.807, 2.05) is 42.5 Å². The van der Waals surface area contributed by atoms with Crippen LogP contribution in [0.25, 0.3) is 0 Å². The largest absolute Gasteiger partial charge is 0.490 e. The first kappa shape index (κ1) is 15.4. The van der Waals surface area contributed by atoms with Crippen molar-refractivity contribution in [1.29, 1.82) is 0 Å². The molecule has 120 valence electrons. The summed E-state index contributed by atoms with van der Waals surface area (Å²) in [4.78, 5) is 13.6. The number of hydrogen-bond acceptors (Lipinski definition) is 3. The first-order valence-corrected chi connectivity index (χ1v) is 8.01. The van der Waals surface area contributed by atoms with Gasteiger partial charge in [-0.1, -0.05) is 43.7 Å². The standard InChI is InChI=1S/C19H21NO3/c1-2-6-15-9-11-17(12-10-15)22-14-18-13-20(19(21)23-18)16-7-4-3-5-8-16/h3-5,7-12,18H,2,6,13-14H2,1H3. The van der Waals surface area contributed by atoms with Gasteiger partial charge in [-0.15, -0.1) is 0 Å². The minimum atomic E-state index is -0.317. The molecular formula is C19H21NO3. The number of anilines is 1. The third-order valence-corrected chi connectivity index (χ3v) is 3.84. The van der Waals surface area contributed by atoms with Crippen molar-refractivity contribution < 1.29 is 14.3 Å². The molecule has 0 aromatic heterocycles. The molecule has 1 amide bonds. The summed E-state index contributed by atoms with van der Waals surface area (Å²) in [7, 11) is 0. The van der Waals surface area contributed by atoms with Crippen molar-refractivity contribution in [2.75, 3.05) is 18.1 Å². The number of rotatable bonds is 6. The van der Waals surface area contributed by atoms with Gasteiger partial charge in [0.1, 0.15) is 12.4 Å². The molecule has 1 fully saturated rings. The molecule has 2 aromatic carbocycles. The zero-order chi connectivity index (χ0) is 16.1. The second kappa shape index (κ2) is 7.18. The molecule has 4 nitrogen and oxygen atoms in total. The maximum Gasteiger partial charge on any atom is 0.414 e. The van der Waals surface area contributed by atoms with Crippen LogP contribution in [-0.4, -0.2) is 25.3 Å². The van der Waals surface area contributed by atoms with Crippen molar-refractivity contribution in [2.24, 2.45) is 0 Å². The highest BCUT2D eigenvalue weighted by atomic mass is 16.6. The average molecular weight is 311 g/mol. The van der Waals surface area contributed by atoms with E-state index in [9.17, 15) is 4.79 Å². The van der Waals surface area contributed by atoms with Crippen molar-refractivity contribution in [1.82, 2.24) is 0 Å². The van der Waals surface area contributed by atoms with Gasteiger partial charge in [0, 0.05) is 5.69 Å². The first-order valence-electron chi connectivity index (χ1n) is 8.01. The van der Waals surface area contributed by atoms with E-state index in [0.717, 1.165) is 24.3 Å². The summed E-state index contributed by atoms with van der Waals surface area (Å²) in [5, 5.41) is 0. The molecule has 0 aliphatic carbocycles. The minimum Gasteiger partial charge on any atom is -0.490 e. The second-order valence-electron chi connectivity index (χ2n) is 5.66. The van der Waals surface area contributed by atoms with Gasteiger partial charge in [-0.3, -0.25) is 4.90 Å². The van der Waals surface area contributed by atoms with Crippen molar-refractivity contribution in [2.45, 2.75) is 25.9 Å². The van der Waals surface area contributed by atoms with E-state index >= 15 is 0 Å². The van der Waals surface area contributed by atoms with Crippen molar-refractivity contribution >= 4 is 11.8 Å².